The van der Waals surface area contributed by atoms with Gasteiger partial charge in [-0.1, -0.05) is 17.7 Å². The van der Waals surface area contributed by atoms with Crippen LogP contribution in [0.15, 0.2) is 42.5 Å². The van der Waals surface area contributed by atoms with E-state index in [0.717, 1.165) is 0 Å². The van der Waals surface area contributed by atoms with Crippen molar-refractivity contribution in [3.05, 3.63) is 47.5 Å². The van der Waals surface area contributed by atoms with Crippen LogP contribution in [-0.2, 0) is 4.79 Å². The molecule has 0 aromatic heterocycles. The Morgan fingerprint density at radius 3 is 2.61 bits per heavy atom. The normalized spacial score (nSPS) is 16.7. The van der Waals surface area contributed by atoms with E-state index in [0.29, 0.717) is 41.0 Å². The standard InChI is InChI=1S/C20H22ClN3O4/c1-13-19(25)24(17-8-7-16(27-2)12-18(17)28-3)10-9-23(13)20(26)22-15-6-4-5-14(21)11-15/h4-8,11-13H,9-10H2,1-3H3,(H,22,26). The van der Waals surface area contributed by atoms with Crippen molar-refractivity contribution >= 4 is 34.9 Å². The first-order valence-corrected chi connectivity index (χ1v) is 9.19. The Hall–Kier alpha value is -2.93. The minimum atomic E-state index is -0.625. The lowest BCUT2D eigenvalue weighted by atomic mass is 10.1. The second-order valence-corrected chi connectivity index (χ2v) is 6.77. The number of ether oxygens (including phenoxy) is 2. The summed E-state index contributed by atoms with van der Waals surface area (Å²) >= 11 is 5.96. The summed E-state index contributed by atoms with van der Waals surface area (Å²) in [6.45, 7) is 2.45. The summed E-state index contributed by atoms with van der Waals surface area (Å²) in [6, 6.07) is 11.2. The van der Waals surface area contributed by atoms with E-state index in [-0.39, 0.29) is 11.9 Å². The quantitative estimate of drug-likeness (QED) is 0.846. The highest BCUT2D eigenvalue weighted by molar-refractivity contribution is 6.30. The topological polar surface area (TPSA) is 71.1 Å². The van der Waals surface area contributed by atoms with Crippen LogP contribution in [0.5, 0.6) is 11.5 Å². The molecule has 1 N–H and O–H groups in total. The average molecular weight is 404 g/mol. The summed E-state index contributed by atoms with van der Waals surface area (Å²) < 4.78 is 10.6. The van der Waals surface area contributed by atoms with Crippen molar-refractivity contribution in [2.24, 2.45) is 0 Å². The number of hydrogen-bond acceptors (Lipinski definition) is 4. The van der Waals surface area contributed by atoms with Gasteiger partial charge in [0.05, 0.1) is 19.9 Å². The van der Waals surface area contributed by atoms with Gasteiger partial charge in [0.1, 0.15) is 17.5 Å². The number of halogens is 1. The Labute approximate surface area is 168 Å². The van der Waals surface area contributed by atoms with Crippen molar-refractivity contribution in [1.82, 2.24) is 4.90 Å². The molecule has 1 unspecified atom stereocenters. The molecule has 0 radical (unpaired) electrons. The van der Waals surface area contributed by atoms with E-state index in [4.69, 9.17) is 21.1 Å². The minimum Gasteiger partial charge on any atom is -0.497 e. The molecule has 3 rings (SSSR count). The highest BCUT2D eigenvalue weighted by atomic mass is 35.5. The number of benzene rings is 2. The van der Waals surface area contributed by atoms with E-state index >= 15 is 0 Å². The van der Waals surface area contributed by atoms with Crippen LogP contribution in [0.25, 0.3) is 0 Å². The summed E-state index contributed by atoms with van der Waals surface area (Å²) in [5, 5.41) is 3.31. The Bertz CT molecular complexity index is 890. The molecule has 0 spiro atoms. The number of amides is 3. The molecule has 3 amide bonds. The van der Waals surface area contributed by atoms with Crippen molar-refractivity contribution in [1.29, 1.82) is 0 Å². The van der Waals surface area contributed by atoms with Gasteiger partial charge in [0.15, 0.2) is 0 Å². The lowest BCUT2D eigenvalue weighted by molar-refractivity contribution is -0.123. The second-order valence-electron chi connectivity index (χ2n) is 6.34. The van der Waals surface area contributed by atoms with Crippen molar-refractivity contribution in [3.8, 4) is 11.5 Å². The van der Waals surface area contributed by atoms with Gasteiger partial charge >= 0.3 is 6.03 Å². The third kappa shape index (κ3) is 3.99. The molecule has 0 aliphatic carbocycles. The van der Waals surface area contributed by atoms with Gasteiger partial charge in [-0.25, -0.2) is 4.79 Å². The molecule has 1 atom stereocenters. The largest absolute Gasteiger partial charge is 0.497 e. The van der Waals surface area contributed by atoms with E-state index in [1.54, 1.807) is 68.5 Å². The molecule has 2 aromatic rings. The second kappa shape index (κ2) is 8.39. The Kier molecular flexibility index (Phi) is 5.94. The van der Waals surface area contributed by atoms with E-state index in [9.17, 15) is 9.59 Å². The van der Waals surface area contributed by atoms with Gasteiger partial charge in [-0.05, 0) is 37.3 Å². The molecular weight excluding hydrogens is 382 g/mol. The van der Waals surface area contributed by atoms with E-state index < -0.39 is 6.04 Å². The van der Waals surface area contributed by atoms with Gasteiger partial charge in [-0.15, -0.1) is 0 Å². The number of piperazine rings is 1. The summed E-state index contributed by atoms with van der Waals surface area (Å²) in [4.78, 5) is 28.8. The molecule has 8 heteroatoms. The first-order valence-electron chi connectivity index (χ1n) is 8.81. The molecule has 7 nitrogen and oxygen atoms in total. The maximum Gasteiger partial charge on any atom is 0.322 e. The van der Waals surface area contributed by atoms with E-state index in [1.165, 1.54) is 4.90 Å². The number of nitrogens with one attached hydrogen (secondary N) is 1. The zero-order valence-electron chi connectivity index (χ0n) is 15.9. The fraction of sp³-hybridized carbons (Fsp3) is 0.300. The number of rotatable bonds is 4. The van der Waals surface area contributed by atoms with Crippen LogP contribution in [0.3, 0.4) is 0 Å². The molecule has 2 aromatic carbocycles. The van der Waals surface area contributed by atoms with Gasteiger partial charge in [0.25, 0.3) is 0 Å². The van der Waals surface area contributed by atoms with Crippen molar-refractivity contribution in [2.75, 3.05) is 37.5 Å². The highest BCUT2D eigenvalue weighted by Gasteiger charge is 2.36. The summed E-state index contributed by atoms with van der Waals surface area (Å²) in [7, 11) is 3.11. The summed E-state index contributed by atoms with van der Waals surface area (Å²) in [5.41, 5.74) is 1.23. The Morgan fingerprint density at radius 1 is 1.14 bits per heavy atom. The Morgan fingerprint density at radius 2 is 1.93 bits per heavy atom. The van der Waals surface area contributed by atoms with Crippen LogP contribution in [0.4, 0.5) is 16.2 Å². The number of methoxy groups -OCH3 is 2. The molecule has 0 saturated carbocycles. The Balaban J connectivity index is 1.75. The van der Waals surface area contributed by atoms with Gasteiger partial charge in [0.2, 0.25) is 5.91 Å². The number of anilines is 2. The number of carbonyl (C=O) groups excluding carboxylic acids is 2. The maximum absolute atomic E-state index is 13.0. The number of urea groups is 1. The fourth-order valence-electron chi connectivity index (χ4n) is 3.16. The van der Waals surface area contributed by atoms with Crippen LogP contribution in [0.1, 0.15) is 6.92 Å². The SMILES string of the molecule is COc1ccc(N2CCN(C(=O)Nc3cccc(Cl)c3)C(C)C2=O)c(OC)c1. The molecule has 1 aliphatic rings. The van der Waals surface area contributed by atoms with E-state index in [1.807, 2.05) is 0 Å². The van der Waals surface area contributed by atoms with Gasteiger partial charge in [0, 0.05) is 29.9 Å². The molecule has 0 bridgehead atoms. The van der Waals surface area contributed by atoms with Gasteiger partial charge < -0.3 is 24.6 Å². The molecule has 1 heterocycles. The highest BCUT2D eigenvalue weighted by Crippen LogP contribution is 2.34. The predicted octanol–water partition coefficient (Wildman–Crippen LogP) is 3.63. The van der Waals surface area contributed by atoms with Crippen LogP contribution in [0, 0.1) is 0 Å². The smallest absolute Gasteiger partial charge is 0.322 e. The van der Waals surface area contributed by atoms with Crippen LogP contribution in [-0.4, -0.2) is 50.2 Å². The van der Waals surface area contributed by atoms with Crippen LogP contribution >= 0.6 is 11.6 Å². The first-order chi connectivity index (χ1) is 13.4. The fourth-order valence-corrected chi connectivity index (χ4v) is 3.35. The number of carbonyl (C=O) groups is 2. The maximum atomic E-state index is 13.0. The summed E-state index contributed by atoms with van der Waals surface area (Å²) in [5.74, 6) is 0.994. The minimum absolute atomic E-state index is 0.184. The first kappa shape index (κ1) is 19.8. The van der Waals surface area contributed by atoms with Gasteiger partial charge in [-0.3, -0.25) is 4.79 Å². The molecule has 1 fully saturated rings. The molecule has 1 saturated heterocycles. The van der Waals surface area contributed by atoms with Crippen molar-refractivity contribution in [2.45, 2.75) is 13.0 Å². The molecule has 148 valence electrons. The average Bonchev–Trinajstić information content (AvgIpc) is 2.69. The lowest BCUT2D eigenvalue weighted by Crippen LogP contribution is -2.58. The third-order valence-corrected chi connectivity index (χ3v) is 4.90. The summed E-state index contributed by atoms with van der Waals surface area (Å²) in [6.07, 6.45) is 0. The third-order valence-electron chi connectivity index (χ3n) is 4.67. The monoisotopic (exact) mass is 403 g/mol. The zero-order chi connectivity index (χ0) is 20.3. The zero-order valence-corrected chi connectivity index (χ0v) is 16.7. The van der Waals surface area contributed by atoms with Crippen LogP contribution in [0.2, 0.25) is 5.02 Å². The predicted molar refractivity (Wildman–Crippen MR) is 109 cm³/mol. The lowest BCUT2D eigenvalue weighted by Gasteiger charge is -2.39. The van der Waals surface area contributed by atoms with E-state index in [2.05, 4.69) is 5.32 Å². The number of nitrogens with zero attached hydrogens (tertiary/aromatic N) is 2. The van der Waals surface area contributed by atoms with Gasteiger partial charge in [-0.2, -0.15) is 0 Å². The molecule has 1 aliphatic heterocycles. The van der Waals surface area contributed by atoms with Crippen molar-refractivity contribution < 1.29 is 19.1 Å². The van der Waals surface area contributed by atoms with Crippen molar-refractivity contribution in [3.63, 3.8) is 0 Å². The molecular formula is C20H22ClN3O4. The van der Waals surface area contributed by atoms with Crippen LogP contribution < -0.4 is 19.7 Å². The molecule has 28 heavy (non-hydrogen) atoms. The number of hydrogen-bond donors (Lipinski definition) is 1.